The van der Waals surface area contributed by atoms with Gasteiger partial charge in [0.05, 0.1) is 11.5 Å². The second kappa shape index (κ2) is 4.84. The van der Waals surface area contributed by atoms with Crippen LogP contribution in [0.2, 0.25) is 0 Å². The topological polar surface area (TPSA) is 63.7 Å². The number of nitrogens with zero attached hydrogens (tertiary/aromatic N) is 1. The average molecular weight is 263 g/mol. The van der Waals surface area contributed by atoms with Gasteiger partial charge in [0.15, 0.2) is 9.84 Å². The molecule has 5 nitrogen and oxygen atoms in total. The van der Waals surface area contributed by atoms with E-state index in [1.165, 1.54) is 4.90 Å². The SMILES string of the molecule is CCN(C(=O)OC(C)(C)C)C1CCS(=O)(=O)C1. The normalized spacial score (nSPS) is 23.4. The zero-order chi connectivity index (χ0) is 13.3. The van der Waals surface area contributed by atoms with Crippen molar-refractivity contribution >= 4 is 15.9 Å². The standard InChI is InChI=1S/C11H21NO4S/c1-5-12(10(13)16-11(2,3)4)9-6-7-17(14,15)8-9/h9H,5-8H2,1-4H3. The maximum atomic E-state index is 11.9. The molecule has 0 bridgehead atoms. The van der Waals surface area contributed by atoms with Gasteiger partial charge in [-0.05, 0) is 34.1 Å². The number of hydrogen-bond acceptors (Lipinski definition) is 4. The van der Waals surface area contributed by atoms with Gasteiger partial charge >= 0.3 is 6.09 Å². The highest BCUT2D eigenvalue weighted by Crippen LogP contribution is 2.20. The summed E-state index contributed by atoms with van der Waals surface area (Å²) in [5.74, 6) is 0.219. The van der Waals surface area contributed by atoms with E-state index in [9.17, 15) is 13.2 Å². The number of carbonyl (C=O) groups excluding carboxylic acids is 1. The Balaban J connectivity index is 2.70. The van der Waals surface area contributed by atoms with Crippen molar-refractivity contribution in [3.8, 4) is 0 Å². The van der Waals surface area contributed by atoms with Gasteiger partial charge in [0.25, 0.3) is 0 Å². The van der Waals surface area contributed by atoms with Gasteiger partial charge in [-0.3, -0.25) is 0 Å². The van der Waals surface area contributed by atoms with E-state index in [4.69, 9.17) is 4.74 Å². The van der Waals surface area contributed by atoms with Crippen molar-refractivity contribution in [2.75, 3.05) is 18.1 Å². The lowest BCUT2D eigenvalue weighted by molar-refractivity contribution is 0.0194. The third-order valence-electron chi connectivity index (χ3n) is 2.62. The Morgan fingerprint density at radius 1 is 1.41 bits per heavy atom. The Hall–Kier alpha value is -0.780. The molecule has 1 heterocycles. The Morgan fingerprint density at radius 3 is 2.35 bits per heavy atom. The highest BCUT2D eigenvalue weighted by Gasteiger charge is 2.35. The van der Waals surface area contributed by atoms with Crippen LogP contribution in [0, 0.1) is 0 Å². The minimum absolute atomic E-state index is 0.0556. The first-order chi connectivity index (χ1) is 7.64. The van der Waals surface area contributed by atoms with Crippen LogP contribution in [0.3, 0.4) is 0 Å². The summed E-state index contributed by atoms with van der Waals surface area (Å²) in [5, 5.41) is 0. The molecule has 0 spiro atoms. The van der Waals surface area contributed by atoms with Crippen LogP contribution in [0.25, 0.3) is 0 Å². The fourth-order valence-electron chi connectivity index (χ4n) is 1.88. The van der Waals surface area contributed by atoms with Crippen LogP contribution in [0.4, 0.5) is 4.79 Å². The molecule has 1 aliphatic rings. The largest absolute Gasteiger partial charge is 0.444 e. The minimum Gasteiger partial charge on any atom is -0.444 e. The van der Waals surface area contributed by atoms with Crippen molar-refractivity contribution in [1.29, 1.82) is 0 Å². The lowest BCUT2D eigenvalue weighted by Gasteiger charge is -2.30. The van der Waals surface area contributed by atoms with Gasteiger partial charge < -0.3 is 9.64 Å². The van der Waals surface area contributed by atoms with Crippen molar-refractivity contribution in [3.05, 3.63) is 0 Å². The van der Waals surface area contributed by atoms with Gasteiger partial charge in [0, 0.05) is 12.6 Å². The summed E-state index contributed by atoms with van der Waals surface area (Å²) in [6, 6.07) is -0.236. The molecule has 0 aromatic rings. The number of sulfone groups is 1. The molecule has 0 aliphatic carbocycles. The van der Waals surface area contributed by atoms with E-state index in [1.54, 1.807) is 20.8 Å². The number of rotatable bonds is 2. The average Bonchev–Trinajstić information content (AvgIpc) is 2.44. The first-order valence-electron chi connectivity index (χ1n) is 5.84. The molecule has 0 saturated carbocycles. The van der Waals surface area contributed by atoms with E-state index < -0.39 is 21.5 Å². The number of ether oxygens (including phenoxy) is 1. The van der Waals surface area contributed by atoms with Gasteiger partial charge in [0.2, 0.25) is 0 Å². The van der Waals surface area contributed by atoms with Gasteiger partial charge in [-0.15, -0.1) is 0 Å². The first-order valence-corrected chi connectivity index (χ1v) is 7.67. The quantitative estimate of drug-likeness (QED) is 0.756. The lowest BCUT2D eigenvalue weighted by Crippen LogP contribution is -2.43. The number of hydrogen-bond donors (Lipinski definition) is 0. The van der Waals surface area contributed by atoms with E-state index >= 15 is 0 Å². The van der Waals surface area contributed by atoms with Crippen LogP contribution >= 0.6 is 0 Å². The fraction of sp³-hybridized carbons (Fsp3) is 0.909. The van der Waals surface area contributed by atoms with Crippen molar-refractivity contribution in [3.63, 3.8) is 0 Å². The Kier molecular flexibility index (Phi) is 4.06. The van der Waals surface area contributed by atoms with E-state index in [0.29, 0.717) is 13.0 Å². The zero-order valence-corrected chi connectivity index (χ0v) is 11.7. The van der Waals surface area contributed by atoms with Crippen LogP contribution in [0.1, 0.15) is 34.1 Å². The molecule has 100 valence electrons. The lowest BCUT2D eigenvalue weighted by atomic mass is 10.2. The third kappa shape index (κ3) is 4.18. The molecule has 0 aromatic carbocycles. The summed E-state index contributed by atoms with van der Waals surface area (Å²) in [4.78, 5) is 13.4. The molecule has 1 atom stereocenters. The molecule has 1 aliphatic heterocycles. The predicted molar refractivity (Wildman–Crippen MR) is 65.7 cm³/mol. The van der Waals surface area contributed by atoms with Crippen molar-refractivity contribution < 1.29 is 17.9 Å². The number of amides is 1. The molecular formula is C11H21NO4S. The van der Waals surface area contributed by atoms with Crippen LogP contribution in [0.15, 0.2) is 0 Å². The summed E-state index contributed by atoms with van der Waals surface area (Å²) in [7, 11) is -2.98. The van der Waals surface area contributed by atoms with E-state index in [2.05, 4.69) is 0 Å². The van der Waals surface area contributed by atoms with Crippen molar-refractivity contribution in [2.24, 2.45) is 0 Å². The van der Waals surface area contributed by atoms with Gasteiger partial charge in [-0.2, -0.15) is 0 Å². The minimum atomic E-state index is -2.98. The molecule has 1 unspecified atom stereocenters. The molecule has 0 aromatic heterocycles. The maximum Gasteiger partial charge on any atom is 0.410 e. The molecule has 1 saturated heterocycles. The Morgan fingerprint density at radius 2 is 2.00 bits per heavy atom. The van der Waals surface area contributed by atoms with E-state index in [0.717, 1.165) is 0 Å². The maximum absolute atomic E-state index is 11.9. The molecule has 0 N–H and O–H groups in total. The molecule has 1 fully saturated rings. The molecule has 17 heavy (non-hydrogen) atoms. The summed E-state index contributed by atoms with van der Waals surface area (Å²) < 4.78 is 28.0. The van der Waals surface area contributed by atoms with Gasteiger partial charge in [0.1, 0.15) is 5.60 Å². The monoisotopic (exact) mass is 263 g/mol. The van der Waals surface area contributed by atoms with Crippen LogP contribution in [-0.2, 0) is 14.6 Å². The highest BCUT2D eigenvalue weighted by molar-refractivity contribution is 7.91. The predicted octanol–water partition coefficient (Wildman–Crippen LogP) is 1.43. The molecular weight excluding hydrogens is 242 g/mol. The smallest absolute Gasteiger partial charge is 0.410 e. The van der Waals surface area contributed by atoms with Crippen LogP contribution in [-0.4, -0.2) is 49.1 Å². The Labute approximate surface area is 103 Å². The van der Waals surface area contributed by atoms with Gasteiger partial charge in [-0.1, -0.05) is 0 Å². The second-order valence-electron chi connectivity index (χ2n) is 5.32. The highest BCUT2D eigenvalue weighted by atomic mass is 32.2. The Bertz CT molecular complexity index is 383. The number of carbonyl (C=O) groups is 1. The summed E-state index contributed by atoms with van der Waals surface area (Å²) in [6.07, 6.45) is 0.0807. The molecule has 1 amide bonds. The van der Waals surface area contributed by atoms with E-state index in [1.807, 2.05) is 6.92 Å². The van der Waals surface area contributed by atoms with E-state index in [-0.39, 0.29) is 17.5 Å². The van der Waals surface area contributed by atoms with Crippen LogP contribution < -0.4 is 0 Å². The summed E-state index contributed by atoms with van der Waals surface area (Å²) in [6.45, 7) is 7.68. The molecule has 1 rings (SSSR count). The third-order valence-corrected chi connectivity index (χ3v) is 4.37. The molecule has 0 radical (unpaired) electrons. The summed E-state index contributed by atoms with van der Waals surface area (Å²) >= 11 is 0. The fourth-order valence-corrected chi connectivity index (χ4v) is 3.61. The van der Waals surface area contributed by atoms with Gasteiger partial charge in [-0.25, -0.2) is 13.2 Å². The second-order valence-corrected chi connectivity index (χ2v) is 7.55. The first kappa shape index (κ1) is 14.3. The zero-order valence-electron chi connectivity index (χ0n) is 10.9. The van der Waals surface area contributed by atoms with Crippen molar-refractivity contribution in [2.45, 2.75) is 45.8 Å². The molecule has 6 heteroatoms. The van der Waals surface area contributed by atoms with Crippen LogP contribution in [0.5, 0.6) is 0 Å². The summed E-state index contributed by atoms with van der Waals surface area (Å²) in [5.41, 5.74) is -0.554. The van der Waals surface area contributed by atoms with Crippen molar-refractivity contribution in [1.82, 2.24) is 4.90 Å².